The number of rotatable bonds is 9. The third kappa shape index (κ3) is 5.20. The summed E-state index contributed by atoms with van der Waals surface area (Å²) in [6.07, 6.45) is 0.535. The number of carboxylic acid groups (broad SMARTS) is 1. The standard InChI is InChI=1S/C13H17NO5S/c1-2-20(18)11-5-3-10(4-6-11)12(14-9-15)7-19-8-13(16)17/h3-6,9,12H,2,7-8H2,1H3,(H,14,15)(H,16,17)/t12-,20?/m0/s1. The zero-order valence-corrected chi connectivity index (χ0v) is 11.9. The highest BCUT2D eigenvalue weighted by Crippen LogP contribution is 2.17. The molecule has 0 aromatic heterocycles. The van der Waals surface area contributed by atoms with Crippen molar-refractivity contribution in [3.63, 3.8) is 0 Å². The fraction of sp³-hybridized carbons (Fsp3) is 0.385. The summed E-state index contributed by atoms with van der Waals surface area (Å²) in [4.78, 5) is 21.7. The molecule has 0 aliphatic carbocycles. The van der Waals surface area contributed by atoms with Gasteiger partial charge in [0.15, 0.2) is 4.90 Å². The Morgan fingerprint density at radius 2 is 2.15 bits per heavy atom. The summed E-state index contributed by atoms with van der Waals surface area (Å²) in [6, 6.07) is 6.51. The molecule has 0 spiro atoms. The van der Waals surface area contributed by atoms with Crippen molar-refractivity contribution in [1.82, 2.24) is 5.32 Å². The molecule has 1 unspecified atom stereocenters. The maximum atomic E-state index is 11.6. The highest BCUT2D eigenvalue weighted by molar-refractivity contribution is 7.91. The fourth-order valence-electron chi connectivity index (χ4n) is 1.61. The molecule has 1 amide bonds. The Kier molecular flexibility index (Phi) is 7.06. The number of ether oxygens (including phenoxy) is 1. The first-order valence-electron chi connectivity index (χ1n) is 6.06. The van der Waals surface area contributed by atoms with Crippen molar-refractivity contribution in [3.05, 3.63) is 29.8 Å². The monoisotopic (exact) mass is 299 g/mol. The van der Waals surface area contributed by atoms with Crippen molar-refractivity contribution < 1.29 is 24.0 Å². The molecule has 20 heavy (non-hydrogen) atoms. The van der Waals surface area contributed by atoms with Crippen molar-refractivity contribution in [3.8, 4) is 0 Å². The van der Waals surface area contributed by atoms with Crippen LogP contribution in [0.4, 0.5) is 0 Å². The number of hydrogen-bond donors (Lipinski definition) is 2. The third-order valence-electron chi connectivity index (χ3n) is 2.59. The van der Waals surface area contributed by atoms with Crippen LogP contribution >= 0.6 is 0 Å². The second kappa shape index (κ2) is 8.57. The number of benzene rings is 1. The van der Waals surface area contributed by atoms with E-state index in [2.05, 4.69) is 5.32 Å². The van der Waals surface area contributed by atoms with E-state index in [4.69, 9.17) is 9.84 Å². The normalized spacial score (nSPS) is 13.5. The van der Waals surface area contributed by atoms with Gasteiger partial charge in [0.25, 0.3) is 0 Å². The Hall–Kier alpha value is -1.57. The maximum absolute atomic E-state index is 11.6. The molecule has 2 N–H and O–H groups in total. The summed E-state index contributed by atoms with van der Waals surface area (Å²) in [5, 5.41) is 11.1. The van der Waals surface area contributed by atoms with E-state index in [1.807, 2.05) is 6.92 Å². The van der Waals surface area contributed by atoms with Gasteiger partial charge in [0.2, 0.25) is 6.41 Å². The van der Waals surface area contributed by atoms with Gasteiger partial charge >= 0.3 is 5.97 Å². The lowest BCUT2D eigenvalue weighted by molar-refractivity contribution is -0.142. The van der Waals surface area contributed by atoms with Gasteiger partial charge in [-0.3, -0.25) is 4.79 Å². The Labute approximate surface area is 120 Å². The van der Waals surface area contributed by atoms with Gasteiger partial charge in [0.1, 0.15) is 12.4 Å². The van der Waals surface area contributed by atoms with Crippen LogP contribution in [-0.4, -0.2) is 41.0 Å². The minimum Gasteiger partial charge on any atom is -0.611 e. The summed E-state index contributed by atoms with van der Waals surface area (Å²) in [5.74, 6) is -0.527. The van der Waals surface area contributed by atoms with Crippen LogP contribution in [0, 0.1) is 0 Å². The molecule has 0 bridgehead atoms. The van der Waals surface area contributed by atoms with Crippen LogP contribution in [0.2, 0.25) is 0 Å². The van der Waals surface area contributed by atoms with E-state index >= 15 is 0 Å². The molecule has 0 radical (unpaired) electrons. The maximum Gasteiger partial charge on any atom is 0.329 e. The molecule has 1 aromatic rings. The predicted octanol–water partition coefficient (Wildman–Crippen LogP) is 0.702. The van der Waals surface area contributed by atoms with Gasteiger partial charge in [-0.25, -0.2) is 4.79 Å². The number of amides is 1. The smallest absolute Gasteiger partial charge is 0.329 e. The van der Waals surface area contributed by atoms with Crippen molar-refractivity contribution in [2.75, 3.05) is 19.0 Å². The van der Waals surface area contributed by atoms with Gasteiger partial charge in [0.05, 0.1) is 12.6 Å². The van der Waals surface area contributed by atoms with Crippen LogP contribution in [0.25, 0.3) is 0 Å². The zero-order valence-electron chi connectivity index (χ0n) is 11.1. The van der Waals surface area contributed by atoms with E-state index in [0.29, 0.717) is 17.1 Å². The summed E-state index contributed by atoms with van der Waals surface area (Å²) < 4.78 is 16.6. The average Bonchev–Trinajstić information content (AvgIpc) is 2.45. The van der Waals surface area contributed by atoms with E-state index in [-0.39, 0.29) is 6.61 Å². The molecule has 0 saturated heterocycles. The minimum absolute atomic E-state index is 0.0568. The lowest BCUT2D eigenvalue weighted by Gasteiger charge is -2.17. The highest BCUT2D eigenvalue weighted by Gasteiger charge is 2.14. The molecule has 0 saturated carbocycles. The molecular weight excluding hydrogens is 282 g/mol. The number of carboxylic acids is 1. The van der Waals surface area contributed by atoms with Crippen LogP contribution in [0.3, 0.4) is 0 Å². The molecule has 0 heterocycles. The molecule has 0 aliphatic rings. The Morgan fingerprint density at radius 1 is 1.50 bits per heavy atom. The molecule has 0 fully saturated rings. The quantitative estimate of drug-likeness (QED) is 0.516. The molecule has 110 valence electrons. The second-order valence-corrected chi connectivity index (χ2v) is 5.69. The van der Waals surface area contributed by atoms with E-state index in [9.17, 15) is 14.1 Å². The Bertz CT molecular complexity index is 437. The molecular formula is C13H17NO5S. The topological polar surface area (TPSA) is 98.7 Å². The Morgan fingerprint density at radius 3 is 2.65 bits per heavy atom. The summed E-state index contributed by atoms with van der Waals surface area (Å²) >= 11 is -1.03. The number of carbonyl (C=O) groups is 2. The summed E-state index contributed by atoms with van der Waals surface area (Å²) in [5.41, 5.74) is 0.763. The lowest BCUT2D eigenvalue weighted by Crippen LogP contribution is -2.25. The third-order valence-corrected chi connectivity index (χ3v) is 3.91. The van der Waals surface area contributed by atoms with Crippen LogP contribution in [-0.2, 0) is 25.5 Å². The highest BCUT2D eigenvalue weighted by atomic mass is 32.2. The predicted molar refractivity (Wildman–Crippen MR) is 73.8 cm³/mol. The molecule has 1 aromatic carbocycles. The van der Waals surface area contributed by atoms with Crippen LogP contribution in [0.1, 0.15) is 18.5 Å². The van der Waals surface area contributed by atoms with Gasteiger partial charge in [-0.2, -0.15) is 0 Å². The van der Waals surface area contributed by atoms with Gasteiger partial charge in [-0.1, -0.05) is 12.1 Å². The largest absolute Gasteiger partial charge is 0.611 e. The van der Waals surface area contributed by atoms with Crippen LogP contribution in [0.5, 0.6) is 0 Å². The average molecular weight is 299 g/mol. The first-order chi connectivity index (χ1) is 9.58. The molecule has 1 rings (SSSR count). The van der Waals surface area contributed by atoms with Crippen molar-refractivity contribution in [1.29, 1.82) is 0 Å². The molecule has 7 heteroatoms. The van der Waals surface area contributed by atoms with E-state index in [1.165, 1.54) is 0 Å². The second-order valence-electron chi connectivity index (χ2n) is 3.95. The van der Waals surface area contributed by atoms with Gasteiger partial charge in [-0.15, -0.1) is 0 Å². The van der Waals surface area contributed by atoms with Crippen LogP contribution < -0.4 is 5.32 Å². The molecule has 6 nitrogen and oxygen atoms in total. The first-order valence-corrected chi connectivity index (χ1v) is 7.38. The first kappa shape index (κ1) is 16.5. The summed E-state index contributed by atoms with van der Waals surface area (Å²) in [6.45, 7) is 1.47. The zero-order chi connectivity index (χ0) is 15.0. The van der Waals surface area contributed by atoms with Gasteiger partial charge in [-0.05, 0) is 35.8 Å². The number of nitrogens with one attached hydrogen (secondary N) is 1. The SMILES string of the molecule is CC[S+]([O-])c1ccc([C@H](COCC(=O)O)NC=O)cc1. The van der Waals surface area contributed by atoms with Crippen molar-refractivity contribution in [2.24, 2.45) is 0 Å². The number of hydrogen-bond acceptors (Lipinski definition) is 4. The molecule has 2 atom stereocenters. The van der Waals surface area contributed by atoms with Crippen LogP contribution in [0.15, 0.2) is 29.2 Å². The van der Waals surface area contributed by atoms with Gasteiger partial charge in [0, 0.05) is 0 Å². The number of carbonyl (C=O) groups excluding carboxylic acids is 1. The summed E-state index contributed by atoms with van der Waals surface area (Å²) in [7, 11) is 0. The fourth-order valence-corrected chi connectivity index (χ4v) is 2.38. The minimum atomic E-state index is -1.07. The van der Waals surface area contributed by atoms with E-state index in [1.54, 1.807) is 24.3 Å². The lowest BCUT2D eigenvalue weighted by atomic mass is 10.1. The Balaban J connectivity index is 2.70. The van der Waals surface area contributed by atoms with Crippen molar-refractivity contribution >= 4 is 23.6 Å². The van der Waals surface area contributed by atoms with Crippen molar-refractivity contribution in [2.45, 2.75) is 17.9 Å². The molecule has 0 aliphatic heterocycles. The van der Waals surface area contributed by atoms with E-state index in [0.717, 1.165) is 5.56 Å². The van der Waals surface area contributed by atoms with Gasteiger partial charge < -0.3 is 19.7 Å². The number of aliphatic carboxylic acids is 1. The van der Waals surface area contributed by atoms with E-state index < -0.39 is 29.8 Å².